The second-order valence-corrected chi connectivity index (χ2v) is 4.04. The van der Waals surface area contributed by atoms with Gasteiger partial charge in [0.25, 0.3) is 0 Å². The summed E-state index contributed by atoms with van der Waals surface area (Å²) in [6.07, 6.45) is -0.210. The van der Waals surface area contributed by atoms with Crippen LogP contribution in [0.15, 0.2) is 0 Å². The summed E-state index contributed by atoms with van der Waals surface area (Å²) in [4.78, 5) is 35.1. The first kappa shape index (κ1) is 11.5. The molecule has 0 aliphatic carbocycles. The lowest BCUT2D eigenvalue weighted by molar-refractivity contribution is -0.143. The van der Waals surface area contributed by atoms with Crippen LogP contribution >= 0.6 is 0 Å². The molecule has 0 aromatic heterocycles. The SMILES string of the molecule is CCC[C@H](C(=O)O)N1C(=O)N[C@H]2NC(=O)N[C@@H]21. The third-order valence-electron chi connectivity index (χ3n) is 2.88. The predicted octanol–water partition coefficient (Wildman–Crippen LogP) is -0.770. The number of carbonyl (C=O) groups excluding carboxylic acids is 2. The Balaban J connectivity index is 2.20. The first-order chi connectivity index (χ1) is 8.04. The average molecular weight is 242 g/mol. The van der Waals surface area contributed by atoms with E-state index >= 15 is 0 Å². The van der Waals surface area contributed by atoms with Gasteiger partial charge in [-0.15, -0.1) is 0 Å². The molecule has 8 heteroatoms. The van der Waals surface area contributed by atoms with Crippen molar-refractivity contribution in [2.45, 2.75) is 38.1 Å². The summed E-state index contributed by atoms with van der Waals surface area (Å²) in [7, 11) is 0. The molecule has 0 aromatic rings. The summed E-state index contributed by atoms with van der Waals surface area (Å²) in [5.41, 5.74) is 0. The molecule has 2 heterocycles. The monoisotopic (exact) mass is 242 g/mol. The van der Waals surface area contributed by atoms with Crippen LogP contribution in [0.4, 0.5) is 9.59 Å². The molecule has 8 nitrogen and oxygen atoms in total. The predicted molar refractivity (Wildman–Crippen MR) is 55.9 cm³/mol. The van der Waals surface area contributed by atoms with E-state index in [0.29, 0.717) is 12.8 Å². The number of aliphatic carboxylic acids is 1. The summed E-state index contributed by atoms with van der Waals surface area (Å²) in [5.74, 6) is -1.07. The molecule has 94 valence electrons. The van der Waals surface area contributed by atoms with Crippen LogP contribution in [0.5, 0.6) is 0 Å². The number of carbonyl (C=O) groups is 3. The highest BCUT2D eigenvalue weighted by Gasteiger charge is 2.49. The van der Waals surface area contributed by atoms with E-state index in [9.17, 15) is 14.4 Å². The minimum absolute atomic E-state index is 0.349. The quantitative estimate of drug-likeness (QED) is 0.518. The summed E-state index contributed by atoms with van der Waals surface area (Å²) < 4.78 is 0. The van der Waals surface area contributed by atoms with Crippen LogP contribution in [0.3, 0.4) is 0 Å². The van der Waals surface area contributed by atoms with Gasteiger partial charge in [0, 0.05) is 0 Å². The van der Waals surface area contributed by atoms with Gasteiger partial charge >= 0.3 is 18.0 Å². The Morgan fingerprint density at radius 2 is 2.12 bits per heavy atom. The highest BCUT2D eigenvalue weighted by Crippen LogP contribution is 2.20. The molecule has 0 saturated carbocycles. The standard InChI is InChI=1S/C9H14N4O4/c1-2-3-4(7(14)15)13-6-5(11-9(13)17)10-8(16)12-6/h4-6H,2-3H2,1H3,(H,11,17)(H,14,15)(H2,10,12,16)/t4-,5-,6-/m1/s1. The summed E-state index contributed by atoms with van der Waals surface area (Å²) in [6.45, 7) is 1.84. The normalized spacial score (nSPS) is 28.2. The maximum Gasteiger partial charge on any atom is 0.326 e. The van der Waals surface area contributed by atoms with Crippen molar-refractivity contribution >= 4 is 18.0 Å². The van der Waals surface area contributed by atoms with Gasteiger partial charge in [-0.2, -0.15) is 0 Å². The maximum atomic E-state index is 11.7. The van der Waals surface area contributed by atoms with E-state index in [1.165, 1.54) is 4.90 Å². The van der Waals surface area contributed by atoms with Gasteiger partial charge in [0.2, 0.25) is 0 Å². The Morgan fingerprint density at radius 3 is 2.71 bits per heavy atom. The molecule has 2 aliphatic heterocycles. The van der Waals surface area contributed by atoms with Gasteiger partial charge in [0.15, 0.2) is 0 Å². The molecule has 2 aliphatic rings. The molecule has 0 bridgehead atoms. The van der Waals surface area contributed by atoms with Crippen molar-refractivity contribution in [3.8, 4) is 0 Å². The Hall–Kier alpha value is -1.99. The summed E-state index contributed by atoms with van der Waals surface area (Å²) in [5, 5.41) is 16.6. The van der Waals surface area contributed by atoms with E-state index < -0.39 is 36.4 Å². The van der Waals surface area contributed by atoms with Gasteiger partial charge < -0.3 is 21.1 Å². The highest BCUT2D eigenvalue weighted by atomic mass is 16.4. The zero-order valence-electron chi connectivity index (χ0n) is 9.27. The zero-order valence-corrected chi connectivity index (χ0v) is 9.27. The molecule has 0 spiro atoms. The van der Waals surface area contributed by atoms with Crippen molar-refractivity contribution in [2.75, 3.05) is 0 Å². The van der Waals surface area contributed by atoms with Gasteiger partial charge in [0.1, 0.15) is 18.4 Å². The largest absolute Gasteiger partial charge is 0.480 e. The van der Waals surface area contributed by atoms with Gasteiger partial charge in [-0.3, -0.25) is 4.90 Å². The number of hydrogen-bond acceptors (Lipinski definition) is 3. The molecule has 2 rings (SSSR count). The zero-order chi connectivity index (χ0) is 12.6. The Labute approximate surface area is 97.3 Å². The van der Waals surface area contributed by atoms with Crippen LogP contribution in [0.1, 0.15) is 19.8 Å². The van der Waals surface area contributed by atoms with E-state index in [0.717, 1.165) is 0 Å². The van der Waals surface area contributed by atoms with Crippen molar-refractivity contribution in [3.05, 3.63) is 0 Å². The van der Waals surface area contributed by atoms with E-state index in [2.05, 4.69) is 16.0 Å². The third kappa shape index (κ3) is 1.85. The molecule has 2 saturated heterocycles. The number of urea groups is 2. The van der Waals surface area contributed by atoms with Crippen LogP contribution in [0.2, 0.25) is 0 Å². The van der Waals surface area contributed by atoms with Crippen molar-refractivity contribution in [3.63, 3.8) is 0 Å². The third-order valence-corrected chi connectivity index (χ3v) is 2.88. The lowest BCUT2D eigenvalue weighted by atomic mass is 10.1. The number of carboxylic acids is 1. The molecular formula is C9H14N4O4. The van der Waals surface area contributed by atoms with Crippen LogP contribution in [0.25, 0.3) is 0 Å². The number of rotatable bonds is 4. The number of carboxylic acid groups (broad SMARTS) is 1. The van der Waals surface area contributed by atoms with Crippen molar-refractivity contribution < 1.29 is 19.5 Å². The number of nitrogens with zero attached hydrogens (tertiary/aromatic N) is 1. The van der Waals surface area contributed by atoms with Crippen LogP contribution < -0.4 is 16.0 Å². The van der Waals surface area contributed by atoms with Crippen LogP contribution in [0, 0.1) is 0 Å². The molecule has 4 N–H and O–H groups in total. The van der Waals surface area contributed by atoms with E-state index in [-0.39, 0.29) is 0 Å². The first-order valence-corrected chi connectivity index (χ1v) is 5.43. The second-order valence-electron chi connectivity index (χ2n) is 4.04. The second kappa shape index (κ2) is 4.11. The molecule has 4 amide bonds. The molecule has 0 aromatic carbocycles. The summed E-state index contributed by atoms with van der Waals surface area (Å²) in [6, 6.07) is -1.81. The van der Waals surface area contributed by atoms with Crippen LogP contribution in [-0.4, -0.2) is 46.4 Å². The van der Waals surface area contributed by atoms with Gasteiger partial charge in [-0.25, -0.2) is 14.4 Å². The van der Waals surface area contributed by atoms with Crippen molar-refractivity contribution in [1.29, 1.82) is 0 Å². The fourth-order valence-electron chi connectivity index (χ4n) is 2.15. The number of amides is 4. The minimum Gasteiger partial charge on any atom is -0.480 e. The smallest absolute Gasteiger partial charge is 0.326 e. The van der Waals surface area contributed by atoms with E-state index in [1.807, 2.05) is 6.92 Å². The van der Waals surface area contributed by atoms with Gasteiger partial charge in [-0.05, 0) is 6.42 Å². The average Bonchev–Trinajstić information content (AvgIpc) is 2.70. The topological polar surface area (TPSA) is 111 Å². The number of fused-ring (bicyclic) bond motifs is 1. The van der Waals surface area contributed by atoms with Crippen molar-refractivity contribution in [1.82, 2.24) is 20.9 Å². The molecule has 17 heavy (non-hydrogen) atoms. The molecule has 0 radical (unpaired) electrons. The molecule has 3 atom stereocenters. The fraction of sp³-hybridized carbons (Fsp3) is 0.667. The highest BCUT2D eigenvalue weighted by molar-refractivity contribution is 5.88. The Morgan fingerprint density at radius 1 is 1.41 bits per heavy atom. The van der Waals surface area contributed by atoms with Crippen molar-refractivity contribution in [2.24, 2.45) is 0 Å². The lowest BCUT2D eigenvalue weighted by Crippen LogP contribution is -2.52. The summed E-state index contributed by atoms with van der Waals surface area (Å²) >= 11 is 0. The number of nitrogens with one attached hydrogen (secondary N) is 3. The maximum absolute atomic E-state index is 11.7. The van der Waals surface area contributed by atoms with E-state index in [1.54, 1.807) is 0 Å². The molecule has 0 unspecified atom stereocenters. The first-order valence-electron chi connectivity index (χ1n) is 5.43. The Kier molecular flexibility index (Phi) is 2.78. The number of hydrogen-bond donors (Lipinski definition) is 4. The molecular weight excluding hydrogens is 228 g/mol. The molecule has 2 fully saturated rings. The lowest BCUT2D eigenvalue weighted by Gasteiger charge is -2.27. The van der Waals surface area contributed by atoms with Gasteiger partial charge in [0.05, 0.1) is 0 Å². The van der Waals surface area contributed by atoms with Crippen LogP contribution in [-0.2, 0) is 4.79 Å². The van der Waals surface area contributed by atoms with Gasteiger partial charge in [-0.1, -0.05) is 13.3 Å². The Bertz CT molecular complexity index is 372. The fourth-order valence-corrected chi connectivity index (χ4v) is 2.15. The minimum atomic E-state index is -1.07. The van der Waals surface area contributed by atoms with E-state index in [4.69, 9.17) is 5.11 Å².